The van der Waals surface area contributed by atoms with Gasteiger partial charge >= 0.3 is 0 Å². The number of halogens is 2. The number of hydrogen-bond donors (Lipinski definition) is 1. The molecule has 2 aromatic carbocycles. The van der Waals surface area contributed by atoms with Gasteiger partial charge in [0.2, 0.25) is 0 Å². The highest BCUT2D eigenvalue weighted by atomic mass is 127. The van der Waals surface area contributed by atoms with Crippen molar-refractivity contribution in [2.45, 2.75) is 32.4 Å². The minimum absolute atomic E-state index is 0.0208. The molecule has 1 atom stereocenters. The molecule has 0 aromatic heterocycles. The molecule has 0 saturated heterocycles. The summed E-state index contributed by atoms with van der Waals surface area (Å²) >= 11 is 2.25. The molecular weight excluding hydrogens is 380 g/mol. The summed E-state index contributed by atoms with van der Waals surface area (Å²) in [5, 5.41) is 0. The molecule has 112 valence electrons. The fourth-order valence-electron chi connectivity index (χ4n) is 2.04. The Bertz CT molecular complexity index is 586. The molecule has 0 saturated carbocycles. The first-order valence-electron chi connectivity index (χ1n) is 7.00. The summed E-state index contributed by atoms with van der Waals surface area (Å²) in [6.07, 6.45) is 1.48. The van der Waals surface area contributed by atoms with Gasteiger partial charge in [-0.3, -0.25) is 0 Å². The third-order valence-electron chi connectivity index (χ3n) is 3.35. The summed E-state index contributed by atoms with van der Waals surface area (Å²) in [6.45, 7) is 2.38. The molecule has 0 aliphatic heterocycles. The molecule has 2 nitrogen and oxygen atoms in total. The zero-order valence-electron chi connectivity index (χ0n) is 12.0. The molecular formula is C17H19FINO. The van der Waals surface area contributed by atoms with Gasteiger partial charge in [-0.05, 0) is 64.8 Å². The predicted molar refractivity (Wildman–Crippen MR) is 91.9 cm³/mol. The Morgan fingerprint density at radius 1 is 1.19 bits per heavy atom. The van der Waals surface area contributed by atoms with Gasteiger partial charge in [-0.15, -0.1) is 0 Å². The van der Waals surface area contributed by atoms with Gasteiger partial charge in [0, 0.05) is 9.61 Å². The highest BCUT2D eigenvalue weighted by Gasteiger charge is 2.12. The van der Waals surface area contributed by atoms with E-state index in [1.165, 1.54) is 6.07 Å². The third kappa shape index (κ3) is 4.68. The summed E-state index contributed by atoms with van der Waals surface area (Å²) < 4.78 is 20.9. The van der Waals surface area contributed by atoms with Crippen LogP contribution in [0.4, 0.5) is 4.39 Å². The maximum absolute atomic E-state index is 14.0. The molecule has 0 radical (unpaired) electrons. The van der Waals surface area contributed by atoms with Crippen LogP contribution < -0.4 is 10.5 Å². The lowest BCUT2D eigenvalue weighted by atomic mass is 10.0. The second-order valence-electron chi connectivity index (χ2n) is 5.02. The molecule has 0 bridgehead atoms. The van der Waals surface area contributed by atoms with E-state index in [1.807, 2.05) is 37.3 Å². The van der Waals surface area contributed by atoms with E-state index in [-0.39, 0.29) is 11.9 Å². The van der Waals surface area contributed by atoms with E-state index in [0.29, 0.717) is 18.8 Å². The lowest BCUT2D eigenvalue weighted by Crippen LogP contribution is -2.22. The molecule has 1 unspecified atom stereocenters. The van der Waals surface area contributed by atoms with Crippen LogP contribution in [0.15, 0.2) is 42.5 Å². The maximum atomic E-state index is 14.0. The van der Waals surface area contributed by atoms with E-state index in [2.05, 4.69) is 22.6 Å². The monoisotopic (exact) mass is 399 g/mol. The highest BCUT2D eigenvalue weighted by molar-refractivity contribution is 14.1. The second-order valence-corrected chi connectivity index (χ2v) is 6.26. The smallest absolute Gasteiger partial charge is 0.165 e. The van der Waals surface area contributed by atoms with E-state index in [0.717, 1.165) is 21.1 Å². The molecule has 2 N–H and O–H groups in total. The van der Waals surface area contributed by atoms with Crippen LogP contribution in [0.5, 0.6) is 5.75 Å². The van der Waals surface area contributed by atoms with Crippen LogP contribution in [0.3, 0.4) is 0 Å². The minimum Gasteiger partial charge on any atom is -0.486 e. The predicted octanol–water partition coefficient (Wildman–Crippen LogP) is 4.29. The summed E-state index contributed by atoms with van der Waals surface area (Å²) in [5.41, 5.74) is 7.82. The number of hydrogen-bond acceptors (Lipinski definition) is 2. The lowest BCUT2D eigenvalue weighted by Gasteiger charge is -2.15. The van der Waals surface area contributed by atoms with Crippen LogP contribution in [0.25, 0.3) is 0 Å². The average Bonchev–Trinajstić information content (AvgIpc) is 2.48. The summed E-state index contributed by atoms with van der Waals surface area (Å²) in [4.78, 5) is 0. The molecule has 0 aliphatic carbocycles. The number of nitrogens with two attached hydrogens (primary N) is 1. The minimum atomic E-state index is -0.332. The van der Waals surface area contributed by atoms with Gasteiger partial charge in [0.15, 0.2) is 11.6 Å². The molecule has 0 fully saturated rings. The number of ether oxygens (including phenoxy) is 1. The normalized spacial score (nSPS) is 12.2. The Balaban J connectivity index is 2.12. The SMILES string of the molecule is CCC(N)Cc1cccc(F)c1OCc1ccc(I)cc1. The van der Waals surface area contributed by atoms with Crippen molar-refractivity contribution in [2.24, 2.45) is 5.73 Å². The van der Waals surface area contributed by atoms with Crippen LogP contribution in [0, 0.1) is 9.39 Å². The van der Waals surface area contributed by atoms with Crippen molar-refractivity contribution in [3.05, 3.63) is 63.0 Å². The van der Waals surface area contributed by atoms with E-state index >= 15 is 0 Å². The topological polar surface area (TPSA) is 35.2 Å². The standard InChI is InChI=1S/C17H19FINO/c1-2-15(20)10-13-4-3-5-16(18)17(13)21-11-12-6-8-14(19)9-7-12/h3-9,15H,2,10-11,20H2,1H3. The summed E-state index contributed by atoms with van der Waals surface area (Å²) in [6, 6.07) is 13.0. The molecule has 0 spiro atoms. The van der Waals surface area contributed by atoms with Gasteiger partial charge < -0.3 is 10.5 Å². The van der Waals surface area contributed by atoms with Crippen molar-refractivity contribution >= 4 is 22.6 Å². The third-order valence-corrected chi connectivity index (χ3v) is 4.07. The molecule has 2 rings (SSSR count). The van der Waals surface area contributed by atoms with Crippen LogP contribution in [-0.4, -0.2) is 6.04 Å². The van der Waals surface area contributed by atoms with Gasteiger partial charge in [-0.25, -0.2) is 4.39 Å². The lowest BCUT2D eigenvalue weighted by molar-refractivity contribution is 0.286. The second kappa shape index (κ2) is 7.75. The molecule has 2 aromatic rings. The maximum Gasteiger partial charge on any atom is 0.165 e. The van der Waals surface area contributed by atoms with Gasteiger partial charge in [0.1, 0.15) is 6.61 Å². The van der Waals surface area contributed by atoms with Crippen molar-refractivity contribution < 1.29 is 9.13 Å². The van der Waals surface area contributed by atoms with Gasteiger partial charge in [0.25, 0.3) is 0 Å². The van der Waals surface area contributed by atoms with Crippen molar-refractivity contribution in [1.82, 2.24) is 0 Å². The van der Waals surface area contributed by atoms with Crippen molar-refractivity contribution in [1.29, 1.82) is 0 Å². The Morgan fingerprint density at radius 3 is 2.57 bits per heavy atom. The highest BCUT2D eigenvalue weighted by Crippen LogP contribution is 2.25. The van der Waals surface area contributed by atoms with Crippen molar-refractivity contribution in [3.63, 3.8) is 0 Å². The summed E-state index contributed by atoms with van der Waals surface area (Å²) in [7, 11) is 0. The van der Waals surface area contributed by atoms with Crippen molar-refractivity contribution in [3.8, 4) is 5.75 Å². The summed E-state index contributed by atoms with van der Waals surface area (Å²) in [5.74, 6) is -0.0127. The van der Waals surface area contributed by atoms with Crippen molar-refractivity contribution in [2.75, 3.05) is 0 Å². The van der Waals surface area contributed by atoms with E-state index in [1.54, 1.807) is 6.07 Å². The van der Waals surface area contributed by atoms with Crippen LogP contribution >= 0.6 is 22.6 Å². The largest absolute Gasteiger partial charge is 0.486 e. The van der Waals surface area contributed by atoms with Crippen LogP contribution in [-0.2, 0) is 13.0 Å². The van der Waals surface area contributed by atoms with E-state index in [4.69, 9.17) is 10.5 Å². The average molecular weight is 399 g/mol. The molecule has 21 heavy (non-hydrogen) atoms. The number of benzene rings is 2. The first-order valence-corrected chi connectivity index (χ1v) is 8.08. The Morgan fingerprint density at radius 2 is 1.90 bits per heavy atom. The molecule has 0 aliphatic rings. The number of rotatable bonds is 6. The fourth-order valence-corrected chi connectivity index (χ4v) is 2.40. The Kier molecular flexibility index (Phi) is 5.99. The zero-order valence-corrected chi connectivity index (χ0v) is 14.1. The van der Waals surface area contributed by atoms with Gasteiger partial charge in [-0.2, -0.15) is 0 Å². The zero-order chi connectivity index (χ0) is 15.2. The van der Waals surface area contributed by atoms with Gasteiger partial charge in [-0.1, -0.05) is 31.2 Å². The van der Waals surface area contributed by atoms with Crippen LogP contribution in [0.1, 0.15) is 24.5 Å². The first kappa shape index (κ1) is 16.2. The van der Waals surface area contributed by atoms with Crippen LogP contribution in [0.2, 0.25) is 0 Å². The Labute approximate surface area is 138 Å². The Hall–Kier alpha value is -1.14. The van der Waals surface area contributed by atoms with Gasteiger partial charge in [0.05, 0.1) is 0 Å². The first-order chi connectivity index (χ1) is 10.1. The van der Waals surface area contributed by atoms with E-state index < -0.39 is 0 Å². The molecule has 0 heterocycles. The quantitative estimate of drug-likeness (QED) is 0.736. The molecule has 4 heteroatoms. The van der Waals surface area contributed by atoms with E-state index in [9.17, 15) is 4.39 Å². The fraction of sp³-hybridized carbons (Fsp3) is 0.294. The molecule has 0 amide bonds. The number of para-hydroxylation sites is 1.